The molecule has 1 atom stereocenters. The van der Waals surface area contributed by atoms with Crippen LogP contribution in [0.4, 0.5) is 0 Å². The Labute approximate surface area is 79.7 Å². The minimum absolute atomic E-state index is 0.203. The highest BCUT2D eigenvalue weighted by Gasteiger charge is 2.07. The van der Waals surface area contributed by atoms with Gasteiger partial charge in [-0.1, -0.05) is 37.3 Å². The van der Waals surface area contributed by atoms with Crippen LogP contribution in [-0.2, 0) is 6.42 Å². The maximum Gasteiger partial charge on any atom is 0.0497 e. The van der Waals surface area contributed by atoms with E-state index in [0.29, 0.717) is 0 Å². The van der Waals surface area contributed by atoms with Crippen molar-refractivity contribution in [3.8, 4) is 0 Å². The molecule has 1 aromatic rings. The monoisotopic (exact) mass is 176 g/mol. The van der Waals surface area contributed by atoms with Gasteiger partial charge in [0.05, 0.1) is 0 Å². The molecule has 0 aliphatic carbocycles. The maximum atomic E-state index is 9.06. The van der Waals surface area contributed by atoms with Crippen molar-refractivity contribution in [1.82, 2.24) is 0 Å². The molecule has 1 heteroatoms. The van der Waals surface area contributed by atoms with Gasteiger partial charge in [0.1, 0.15) is 0 Å². The first-order chi connectivity index (χ1) is 6.29. The van der Waals surface area contributed by atoms with Crippen LogP contribution in [0.1, 0.15) is 24.0 Å². The predicted octanol–water partition coefficient (Wildman–Crippen LogP) is 2.51. The van der Waals surface area contributed by atoms with Crippen LogP contribution in [0.2, 0.25) is 0 Å². The van der Waals surface area contributed by atoms with Crippen LogP contribution in [-0.4, -0.2) is 11.7 Å². The lowest BCUT2D eigenvalue weighted by Crippen LogP contribution is -2.02. The van der Waals surface area contributed by atoms with Crippen molar-refractivity contribution >= 4 is 0 Å². The first-order valence-corrected chi connectivity index (χ1v) is 4.59. The number of aliphatic hydroxyl groups excluding tert-OH is 1. The quantitative estimate of drug-likeness (QED) is 0.699. The molecule has 1 aromatic carbocycles. The fourth-order valence-electron chi connectivity index (χ4n) is 1.45. The Balaban J connectivity index is 2.96. The Hall–Kier alpha value is -1.08. The van der Waals surface area contributed by atoms with Crippen LogP contribution < -0.4 is 0 Å². The van der Waals surface area contributed by atoms with E-state index in [4.69, 9.17) is 5.11 Å². The second-order valence-corrected chi connectivity index (χ2v) is 3.28. The van der Waals surface area contributed by atoms with Gasteiger partial charge in [0.2, 0.25) is 0 Å². The fraction of sp³-hybridized carbons (Fsp3) is 0.333. The zero-order valence-electron chi connectivity index (χ0n) is 8.03. The molecule has 0 radical (unpaired) electrons. The fourth-order valence-corrected chi connectivity index (χ4v) is 1.45. The summed E-state index contributed by atoms with van der Waals surface area (Å²) in [5.41, 5.74) is 2.49. The molecule has 1 rings (SSSR count). The van der Waals surface area contributed by atoms with E-state index in [0.717, 1.165) is 6.42 Å². The Bertz CT molecular complexity index is 278. The van der Waals surface area contributed by atoms with E-state index in [2.05, 4.69) is 18.7 Å². The van der Waals surface area contributed by atoms with Gasteiger partial charge in [-0.15, -0.1) is 6.58 Å². The molecule has 0 saturated carbocycles. The van der Waals surface area contributed by atoms with Gasteiger partial charge in [0.15, 0.2) is 0 Å². The van der Waals surface area contributed by atoms with Crippen molar-refractivity contribution < 1.29 is 5.11 Å². The molecule has 0 heterocycles. The Morgan fingerprint density at radius 1 is 1.46 bits per heavy atom. The molecule has 13 heavy (non-hydrogen) atoms. The van der Waals surface area contributed by atoms with Gasteiger partial charge in [-0.3, -0.25) is 0 Å². The Kier molecular flexibility index (Phi) is 3.71. The summed E-state index contributed by atoms with van der Waals surface area (Å²) in [5.74, 6) is 0.219. The molecule has 0 aromatic heterocycles. The first-order valence-electron chi connectivity index (χ1n) is 4.59. The number of hydrogen-bond donors (Lipinski definition) is 1. The molecule has 70 valence electrons. The summed E-state index contributed by atoms with van der Waals surface area (Å²) in [6, 6.07) is 8.18. The number of benzene rings is 1. The van der Waals surface area contributed by atoms with E-state index in [1.807, 2.05) is 25.1 Å². The van der Waals surface area contributed by atoms with Crippen LogP contribution in [0.25, 0.3) is 0 Å². The highest BCUT2D eigenvalue weighted by Crippen LogP contribution is 2.19. The summed E-state index contributed by atoms with van der Waals surface area (Å²) in [6.07, 6.45) is 2.77. The molecular weight excluding hydrogens is 160 g/mol. The largest absolute Gasteiger partial charge is 0.396 e. The van der Waals surface area contributed by atoms with Crippen LogP contribution in [0, 0.1) is 0 Å². The van der Waals surface area contributed by atoms with E-state index < -0.39 is 0 Å². The smallest absolute Gasteiger partial charge is 0.0497 e. The van der Waals surface area contributed by atoms with E-state index in [9.17, 15) is 0 Å². The number of rotatable bonds is 4. The van der Waals surface area contributed by atoms with Crippen LogP contribution in [0.3, 0.4) is 0 Å². The van der Waals surface area contributed by atoms with Gasteiger partial charge in [-0.05, 0) is 17.5 Å². The van der Waals surface area contributed by atoms with Gasteiger partial charge in [-0.2, -0.15) is 0 Å². The van der Waals surface area contributed by atoms with Gasteiger partial charge in [0.25, 0.3) is 0 Å². The molecule has 0 aliphatic rings. The van der Waals surface area contributed by atoms with Gasteiger partial charge in [-0.25, -0.2) is 0 Å². The van der Waals surface area contributed by atoms with Crippen molar-refractivity contribution in [2.75, 3.05) is 6.61 Å². The van der Waals surface area contributed by atoms with Crippen molar-refractivity contribution in [3.05, 3.63) is 48.0 Å². The maximum absolute atomic E-state index is 9.06. The van der Waals surface area contributed by atoms with Crippen LogP contribution >= 0.6 is 0 Å². The first kappa shape index (κ1) is 10.0. The molecule has 0 aliphatic heterocycles. The Morgan fingerprint density at radius 2 is 2.15 bits per heavy atom. The van der Waals surface area contributed by atoms with Crippen molar-refractivity contribution in [3.63, 3.8) is 0 Å². The minimum Gasteiger partial charge on any atom is -0.396 e. The summed E-state index contributed by atoms with van der Waals surface area (Å²) in [7, 11) is 0. The summed E-state index contributed by atoms with van der Waals surface area (Å²) in [6.45, 7) is 5.95. The zero-order valence-corrected chi connectivity index (χ0v) is 8.03. The van der Waals surface area contributed by atoms with E-state index in [1.54, 1.807) is 0 Å². The third-order valence-electron chi connectivity index (χ3n) is 2.22. The predicted molar refractivity (Wildman–Crippen MR) is 55.8 cm³/mol. The zero-order chi connectivity index (χ0) is 9.68. The number of aliphatic hydroxyl groups is 1. The lowest BCUT2D eigenvalue weighted by atomic mass is 9.95. The highest BCUT2D eigenvalue weighted by molar-refractivity contribution is 5.31. The molecule has 1 nitrogen and oxygen atoms in total. The second-order valence-electron chi connectivity index (χ2n) is 3.28. The van der Waals surface area contributed by atoms with Crippen LogP contribution in [0.5, 0.6) is 0 Å². The minimum atomic E-state index is 0.203. The van der Waals surface area contributed by atoms with E-state index in [-0.39, 0.29) is 12.5 Å². The second kappa shape index (κ2) is 4.83. The van der Waals surface area contributed by atoms with Crippen molar-refractivity contribution in [2.45, 2.75) is 19.3 Å². The van der Waals surface area contributed by atoms with Gasteiger partial charge in [0, 0.05) is 12.5 Å². The summed E-state index contributed by atoms with van der Waals surface area (Å²) >= 11 is 0. The molecule has 0 bridgehead atoms. The van der Waals surface area contributed by atoms with Crippen molar-refractivity contribution in [1.29, 1.82) is 0 Å². The lowest BCUT2D eigenvalue weighted by Gasteiger charge is -2.12. The molecule has 0 spiro atoms. The normalized spacial score (nSPS) is 12.5. The summed E-state index contributed by atoms with van der Waals surface area (Å²) in [4.78, 5) is 0. The topological polar surface area (TPSA) is 20.2 Å². The van der Waals surface area contributed by atoms with Gasteiger partial charge >= 0.3 is 0 Å². The molecule has 0 amide bonds. The van der Waals surface area contributed by atoms with Crippen molar-refractivity contribution in [2.24, 2.45) is 0 Å². The standard InChI is InChI=1S/C12H16O/c1-3-6-11-7-4-5-8-12(11)10(2)9-13/h3-5,7-8,10,13H,1,6,9H2,2H3/t10-/m0/s1. The molecule has 1 N–H and O–H groups in total. The SMILES string of the molecule is C=CCc1ccccc1[C@@H](C)CO. The van der Waals surface area contributed by atoms with Gasteiger partial charge < -0.3 is 5.11 Å². The summed E-state index contributed by atoms with van der Waals surface area (Å²) < 4.78 is 0. The third-order valence-corrected chi connectivity index (χ3v) is 2.22. The van der Waals surface area contributed by atoms with Crippen LogP contribution in [0.15, 0.2) is 36.9 Å². The highest BCUT2D eigenvalue weighted by atomic mass is 16.3. The molecule has 0 fully saturated rings. The van der Waals surface area contributed by atoms with E-state index in [1.165, 1.54) is 11.1 Å². The summed E-state index contributed by atoms with van der Waals surface area (Å²) in [5, 5.41) is 9.06. The average molecular weight is 176 g/mol. The third kappa shape index (κ3) is 2.43. The molecule has 0 unspecified atom stereocenters. The molecule has 0 saturated heterocycles. The van der Waals surface area contributed by atoms with E-state index >= 15 is 0 Å². The Morgan fingerprint density at radius 3 is 2.77 bits per heavy atom. The molecular formula is C12H16O. The lowest BCUT2D eigenvalue weighted by molar-refractivity contribution is 0.272. The average Bonchev–Trinajstić information content (AvgIpc) is 2.18. The number of allylic oxidation sites excluding steroid dienone is 1. The number of hydrogen-bond acceptors (Lipinski definition) is 1.